The number of hydrogen-bond donors (Lipinski definition) is 0. The van der Waals surface area contributed by atoms with Crippen LogP contribution in [0.3, 0.4) is 0 Å². The van der Waals surface area contributed by atoms with Gasteiger partial charge in [-0.05, 0) is 25.0 Å². The van der Waals surface area contributed by atoms with Crippen molar-refractivity contribution in [2.75, 3.05) is 26.2 Å². The maximum atomic E-state index is 4.33. The van der Waals surface area contributed by atoms with Crippen LogP contribution in [0, 0.1) is 0 Å². The second kappa shape index (κ2) is 8.44. The van der Waals surface area contributed by atoms with Crippen LogP contribution in [-0.4, -0.2) is 67.6 Å². The number of nitrogens with zero attached hydrogens (tertiary/aromatic N) is 6. The lowest BCUT2D eigenvalue weighted by Crippen LogP contribution is -2.58. The highest BCUT2D eigenvalue weighted by Crippen LogP contribution is 2.19. The smallest absolute Gasteiger partial charge is 0.0536 e. The molecule has 0 unspecified atom stereocenters. The minimum atomic E-state index is 0.640. The first-order valence-electron chi connectivity index (χ1n) is 9.23. The fraction of sp³-hybridized carbons (Fsp3) is 0.667. The molecule has 1 aliphatic rings. The highest BCUT2D eigenvalue weighted by molar-refractivity contribution is 4.88. The molecule has 1 saturated heterocycles. The summed E-state index contributed by atoms with van der Waals surface area (Å²) in [5, 5.41) is 8.67. The lowest BCUT2D eigenvalue weighted by atomic mass is 10.0. The number of piperazine rings is 1. The first kappa shape index (κ1) is 17.2. The number of rotatable bonds is 8. The van der Waals surface area contributed by atoms with Gasteiger partial charge in [-0.2, -0.15) is 10.2 Å². The maximum absolute atomic E-state index is 4.33. The molecule has 0 saturated carbocycles. The van der Waals surface area contributed by atoms with Gasteiger partial charge in [-0.1, -0.05) is 13.8 Å². The Morgan fingerprint density at radius 3 is 1.54 bits per heavy atom. The fourth-order valence-electron chi connectivity index (χ4n) is 3.72. The molecule has 3 rings (SSSR count). The van der Waals surface area contributed by atoms with Crippen molar-refractivity contribution in [3.63, 3.8) is 0 Å². The predicted molar refractivity (Wildman–Crippen MR) is 95.8 cm³/mol. The van der Waals surface area contributed by atoms with E-state index in [0.717, 1.165) is 39.3 Å². The van der Waals surface area contributed by atoms with Gasteiger partial charge in [-0.25, -0.2) is 0 Å². The molecule has 0 radical (unpaired) electrons. The van der Waals surface area contributed by atoms with Crippen LogP contribution in [0.2, 0.25) is 0 Å². The van der Waals surface area contributed by atoms with Crippen LogP contribution in [-0.2, 0) is 13.1 Å². The van der Waals surface area contributed by atoms with Gasteiger partial charge < -0.3 is 0 Å². The molecule has 0 N–H and O–H groups in total. The highest BCUT2D eigenvalue weighted by Gasteiger charge is 2.31. The maximum Gasteiger partial charge on any atom is 0.0536 e. The molecule has 2 aromatic rings. The Balaban J connectivity index is 1.56. The molecular formula is C18H30N6. The summed E-state index contributed by atoms with van der Waals surface area (Å²) in [5.74, 6) is 0. The van der Waals surface area contributed by atoms with Gasteiger partial charge in [0.1, 0.15) is 0 Å². The van der Waals surface area contributed by atoms with Crippen LogP contribution in [0.25, 0.3) is 0 Å². The van der Waals surface area contributed by atoms with Crippen molar-refractivity contribution in [3.05, 3.63) is 36.9 Å². The first-order valence-corrected chi connectivity index (χ1v) is 9.23. The Morgan fingerprint density at radius 2 is 1.21 bits per heavy atom. The molecule has 24 heavy (non-hydrogen) atoms. The van der Waals surface area contributed by atoms with E-state index in [1.165, 1.54) is 12.8 Å². The molecule has 1 fully saturated rings. The Bertz CT molecular complexity index is 512. The van der Waals surface area contributed by atoms with Crippen molar-refractivity contribution < 1.29 is 0 Å². The molecule has 0 aromatic carbocycles. The van der Waals surface area contributed by atoms with E-state index < -0.39 is 0 Å². The Hall–Kier alpha value is -1.66. The molecule has 6 nitrogen and oxygen atoms in total. The summed E-state index contributed by atoms with van der Waals surface area (Å²) in [6.07, 6.45) is 10.2. The third-order valence-corrected chi connectivity index (χ3v) is 5.22. The van der Waals surface area contributed by atoms with E-state index >= 15 is 0 Å². The van der Waals surface area contributed by atoms with Crippen molar-refractivity contribution in [2.24, 2.45) is 0 Å². The normalized spacial score (nSPS) is 22.9. The lowest BCUT2D eigenvalue weighted by molar-refractivity contribution is 0.0200. The Morgan fingerprint density at radius 1 is 0.750 bits per heavy atom. The quantitative estimate of drug-likeness (QED) is 0.742. The Labute approximate surface area is 145 Å². The molecule has 132 valence electrons. The van der Waals surface area contributed by atoms with Gasteiger partial charge in [0.05, 0.1) is 13.1 Å². The molecule has 0 amide bonds. The second-order valence-electron chi connectivity index (χ2n) is 6.65. The summed E-state index contributed by atoms with van der Waals surface area (Å²) in [6.45, 7) is 11.1. The van der Waals surface area contributed by atoms with E-state index in [1.54, 1.807) is 0 Å². The topological polar surface area (TPSA) is 42.1 Å². The van der Waals surface area contributed by atoms with E-state index in [4.69, 9.17) is 0 Å². The third kappa shape index (κ3) is 4.24. The largest absolute Gasteiger partial charge is 0.296 e. The SMILES string of the molecule is CC[C@H]1CN(CCn2cccn2)[C@@H](CC)CN1CCn1cccn1. The molecule has 1 aliphatic heterocycles. The average Bonchev–Trinajstić information content (AvgIpc) is 3.31. The zero-order valence-corrected chi connectivity index (χ0v) is 15.0. The van der Waals surface area contributed by atoms with Crippen molar-refractivity contribution in [1.82, 2.24) is 29.4 Å². The van der Waals surface area contributed by atoms with Crippen molar-refractivity contribution >= 4 is 0 Å². The van der Waals surface area contributed by atoms with E-state index in [-0.39, 0.29) is 0 Å². The predicted octanol–water partition coefficient (Wildman–Crippen LogP) is 1.95. The fourth-order valence-corrected chi connectivity index (χ4v) is 3.72. The first-order chi connectivity index (χ1) is 11.8. The molecule has 3 heterocycles. The van der Waals surface area contributed by atoms with Crippen molar-refractivity contribution in [2.45, 2.75) is 51.9 Å². The van der Waals surface area contributed by atoms with E-state index in [0.29, 0.717) is 12.1 Å². The van der Waals surface area contributed by atoms with E-state index in [2.05, 4.69) is 46.2 Å². The molecule has 0 spiro atoms. The zero-order valence-electron chi connectivity index (χ0n) is 15.0. The number of aromatic nitrogens is 4. The summed E-state index contributed by atoms with van der Waals surface area (Å²) < 4.78 is 4.08. The third-order valence-electron chi connectivity index (χ3n) is 5.22. The molecule has 0 bridgehead atoms. The van der Waals surface area contributed by atoms with Gasteiger partial charge in [0, 0.05) is 63.1 Å². The van der Waals surface area contributed by atoms with E-state index in [9.17, 15) is 0 Å². The van der Waals surface area contributed by atoms with Crippen LogP contribution in [0.15, 0.2) is 36.9 Å². The lowest BCUT2D eigenvalue weighted by Gasteiger charge is -2.46. The second-order valence-corrected chi connectivity index (χ2v) is 6.65. The summed E-state index contributed by atoms with van der Waals surface area (Å²) in [5.41, 5.74) is 0. The monoisotopic (exact) mass is 330 g/mol. The molecule has 0 aliphatic carbocycles. The van der Waals surface area contributed by atoms with Gasteiger partial charge in [-0.3, -0.25) is 19.2 Å². The minimum Gasteiger partial charge on any atom is -0.296 e. The van der Waals surface area contributed by atoms with Gasteiger partial charge in [0.2, 0.25) is 0 Å². The van der Waals surface area contributed by atoms with Crippen LogP contribution in [0.1, 0.15) is 26.7 Å². The number of hydrogen-bond acceptors (Lipinski definition) is 4. The molecule has 2 atom stereocenters. The van der Waals surface area contributed by atoms with Crippen LogP contribution >= 0.6 is 0 Å². The Kier molecular flexibility index (Phi) is 6.04. The highest BCUT2D eigenvalue weighted by atomic mass is 15.3. The van der Waals surface area contributed by atoms with Gasteiger partial charge in [0.25, 0.3) is 0 Å². The molecule has 2 aromatic heterocycles. The average molecular weight is 330 g/mol. The van der Waals surface area contributed by atoms with Gasteiger partial charge in [0.15, 0.2) is 0 Å². The molecule has 6 heteroatoms. The van der Waals surface area contributed by atoms with E-state index in [1.807, 2.05) is 33.9 Å². The zero-order chi connectivity index (χ0) is 16.8. The van der Waals surface area contributed by atoms with Crippen molar-refractivity contribution in [1.29, 1.82) is 0 Å². The van der Waals surface area contributed by atoms with Crippen LogP contribution < -0.4 is 0 Å². The van der Waals surface area contributed by atoms with Gasteiger partial charge in [-0.15, -0.1) is 0 Å². The molecular weight excluding hydrogens is 300 g/mol. The van der Waals surface area contributed by atoms with Crippen molar-refractivity contribution in [3.8, 4) is 0 Å². The van der Waals surface area contributed by atoms with Crippen LogP contribution in [0.4, 0.5) is 0 Å². The van der Waals surface area contributed by atoms with Crippen LogP contribution in [0.5, 0.6) is 0 Å². The summed E-state index contributed by atoms with van der Waals surface area (Å²) in [6, 6.07) is 5.28. The summed E-state index contributed by atoms with van der Waals surface area (Å²) >= 11 is 0. The minimum absolute atomic E-state index is 0.640. The standard InChI is InChI=1S/C18H30N6/c1-3-17-15-22(12-14-24-10-6-8-20-24)18(4-2)16-21(17)11-13-23-9-5-7-19-23/h5-10,17-18H,3-4,11-16H2,1-2H3/t17-,18-/m0/s1. The summed E-state index contributed by atoms with van der Waals surface area (Å²) in [7, 11) is 0. The van der Waals surface area contributed by atoms with Gasteiger partial charge >= 0.3 is 0 Å². The summed E-state index contributed by atoms with van der Waals surface area (Å²) in [4.78, 5) is 5.33.